The summed E-state index contributed by atoms with van der Waals surface area (Å²) in [4.78, 5) is 12.3. The van der Waals surface area contributed by atoms with E-state index in [0.29, 0.717) is 5.76 Å². The number of rotatable bonds is 4. The fourth-order valence-electron chi connectivity index (χ4n) is 2.90. The predicted molar refractivity (Wildman–Crippen MR) is 91.4 cm³/mol. The summed E-state index contributed by atoms with van der Waals surface area (Å²) in [5, 5.41) is 6.16. The molecule has 1 aliphatic heterocycles. The van der Waals surface area contributed by atoms with Crippen molar-refractivity contribution in [3.05, 3.63) is 29.4 Å². The summed E-state index contributed by atoms with van der Waals surface area (Å²) in [5.41, 5.74) is 0. The molecule has 0 radical (unpaired) electrons. The van der Waals surface area contributed by atoms with E-state index >= 15 is 0 Å². The molecule has 1 aliphatic rings. The van der Waals surface area contributed by atoms with Crippen molar-refractivity contribution in [3.8, 4) is 0 Å². The zero-order valence-corrected chi connectivity index (χ0v) is 15.8. The van der Waals surface area contributed by atoms with E-state index in [4.69, 9.17) is 13.7 Å². The van der Waals surface area contributed by atoms with Gasteiger partial charge in [-0.25, -0.2) is 8.42 Å². The van der Waals surface area contributed by atoms with E-state index < -0.39 is 15.9 Å². The molecule has 0 aliphatic carbocycles. The second-order valence-corrected chi connectivity index (χ2v) is 8.29. The molecule has 1 amide bonds. The summed E-state index contributed by atoms with van der Waals surface area (Å²) >= 11 is 0. The molecule has 2 atom stereocenters. The maximum Gasteiger partial charge on any atom is 0.292 e. The van der Waals surface area contributed by atoms with Crippen molar-refractivity contribution < 1.29 is 26.9 Å². The first-order chi connectivity index (χ1) is 12.2. The SMILES string of the molecule is Cc1cc(NC(=O)c2cc(S(=O)(=O)N3C[C@H](C)O[C@@H](C)C3)c(C)o2)no1. The minimum Gasteiger partial charge on any atom is -0.455 e. The molecular formula is C16H21N3O6S. The Bertz CT molecular complexity index is 906. The molecule has 10 heteroatoms. The third-order valence-corrected chi connectivity index (χ3v) is 5.91. The highest BCUT2D eigenvalue weighted by Gasteiger charge is 2.35. The van der Waals surface area contributed by atoms with Gasteiger partial charge in [0, 0.05) is 25.2 Å². The van der Waals surface area contributed by atoms with Gasteiger partial charge < -0.3 is 19.0 Å². The lowest BCUT2D eigenvalue weighted by Gasteiger charge is -2.34. The zero-order chi connectivity index (χ0) is 19.1. The maximum absolute atomic E-state index is 12.9. The molecule has 2 aromatic heterocycles. The third kappa shape index (κ3) is 3.67. The third-order valence-electron chi connectivity index (χ3n) is 3.97. The molecule has 0 spiro atoms. The number of sulfonamides is 1. The Kier molecular flexibility index (Phi) is 4.91. The number of hydrogen-bond donors (Lipinski definition) is 1. The number of carbonyl (C=O) groups is 1. The van der Waals surface area contributed by atoms with Gasteiger partial charge in [-0.3, -0.25) is 4.79 Å². The van der Waals surface area contributed by atoms with Crippen LogP contribution < -0.4 is 5.32 Å². The number of furan rings is 1. The van der Waals surface area contributed by atoms with Crippen LogP contribution in [0.5, 0.6) is 0 Å². The van der Waals surface area contributed by atoms with Gasteiger partial charge in [-0.05, 0) is 27.7 Å². The Morgan fingerprint density at radius 3 is 2.46 bits per heavy atom. The van der Waals surface area contributed by atoms with E-state index in [2.05, 4.69) is 10.5 Å². The van der Waals surface area contributed by atoms with Crippen molar-refractivity contribution in [2.24, 2.45) is 0 Å². The average molecular weight is 383 g/mol. The molecule has 142 valence electrons. The second-order valence-electron chi connectivity index (χ2n) is 6.39. The minimum absolute atomic E-state index is 0.0275. The fourth-order valence-corrected chi connectivity index (χ4v) is 4.65. The molecule has 1 fully saturated rings. The number of hydrogen-bond acceptors (Lipinski definition) is 7. The van der Waals surface area contributed by atoms with Crippen LogP contribution in [0.15, 0.2) is 26.0 Å². The topological polar surface area (TPSA) is 115 Å². The quantitative estimate of drug-likeness (QED) is 0.858. The molecule has 26 heavy (non-hydrogen) atoms. The van der Waals surface area contributed by atoms with Gasteiger partial charge in [-0.15, -0.1) is 0 Å². The van der Waals surface area contributed by atoms with Gasteiger partial charge in [-0.1, -0.05) is 5.16 Å². The highest BCUT2D eigenvalue weighted by atomic mass is 32.2. The van der Waals surface area contributed by atoms with E-state index in [1.807, 2.05) is 13.8 Å². The number of aryl methyl sites for hydroxylation is 2. The van der Waals surface area contributed by atoms with Crippen molar-refractivity contribution in [2.45, 2.75) is 44.8 Å². The molecule has 1 saturated heterocycles. The average Bonchev–Trinajstić information content (AvgIpc) is 3.12. The number of nitrogens with zero attached hydrogens (tertiary/aromatic N) is 2. The molecule has 3 rings (SSSR count). The standard InChI is InChI=1S/C16H21N3O6S/c1-9-5-15(18-25-9)17-16(20)13-6-14(12(4)24-13)26(21,22)19-7-10(2)23-11(3)8-19/h5-6,10-11H,7-8H2,1-4H3,(H,17,18,20)/t10-,11-/m0/s1. The van der Waals surface area contributed by atoms with Crippen molar-refractivity contribution in [1.82, 2.24) is 9.46 Å². The number of ether oxygens (including phenoxy) is 1. The number of nitrogens with one attached hydrogen (secondary N) is 1. The summed E-state index contributed by atoms with van der Waals surface area (Å²) in [5.74, 6) is 0.192. The van der Waals surface area contributed by atoms with Crippen LogP contribution in [0.2, 0.25) is 0 Å². The fraction of sp³-hybridized carbons (Fsp3) is 0.500. The number of aromatic nitrogens is 1. The number of amides is 1. The van der Waals surface area contributed by atoms with Crippen molar-refractivity contribution in [3.63, 3.8) is 0 Å². The Balaban J connectivity index is 1.83. The number of morpholine rings is 1. The van der Waals surface area contributed by atoms with Crippen molar-refractivity contribution >= 4 is 21.7 Å². The van der Waals surface area contributed by atoms with Gasteiger partial charge in [0.05, 0.1) is 12.2 Å². The van der Waals surface area contributed by atoms with E-state index in [-0.39, 0.29) is 47.5 Å². The van der Waals surface area contributed by atoms with Gasteiger partial charge in [-0.2, -0.15) is 4.31 Å². The van der Waals surface area contributed by atoms with Gasteiger partial charge in [0.2, 0.25) is 10.0 Å². The maximum atomic E-state index is 12.9. The summed E-state index contributed by atoms with van der Waals surface area (Å²) < 4.78 is 43.1. The van der Waals surface area contributed by atoms with Gasteiger partial charge in [0.1, 0.15) is 16.4 Å². The van der Waals surface area contributed by atoms with Crippen molar-refractivity contribution in [1.29, 1.82) is 0 Å². The Morgan fingerprint density at radius 2 is 1.88 bits per heavy atom. The van der Waals surface area contributed by atoms with Crippen LogP contribution >= 0.6 is 0 Å². The summed E-state index contributed by atoms with van der Waals surface area (Å²) in [6.07, 6.45) is -0.419. The molecule has 1 N–H and O–H groups in total. The second kappa shape index (κ2) is 6.86. The summed E-state index contributed by atoms with van der Waals surface area (Å²) in [6, 6.07) is 2.78. The summed E-state index contributed by atoms with van der Waals surface area (Å²) in [6.45, 7) is 7.33. The Hall–Kier alpha value is -2.17. The van der Waals surface area contributed by atoms with E-state index in [1.54, 1.807) is 13.0 Å². The minimum atomic E-state index is -3.79. The molecule has 0 unspecified atom stereocenters. The smallest absolute Gasteiger partial charge is 0.292 e. The predicted octanol–water partition coefficient (Wildman–Crippen LogP) is 1.93. The van der Waals surface area contributed by atoms with Crippen LogP contribution in [-0.4, -0.2) is 49.1 Å². The molecule has 2 aromatic rings. The van der Waals surface area contributed by atoms with Crippen LogP contribution in [-0.2, 0) is 14.8 Å². The molecule has 0 aromatic carbocycles. The largest absolute Gasteiger partial charge is 0.455 e. The zero-order valence-electron chi connectivity index (χ0n) is 15.0. The molecule has 9 nitrogen and oxygen atoms in total. The van der Waals surface area contributed by atoms with E-state index in [0.717, 1.165) is 0 Å². The lowest BCUT2D eigenvalue weighted by atomic mass is 10.3. The van der Waals surface area contributed by atoms with Crippen molar-refractivity contribution in [2.75, 3.05) is 18.4 Å². The van der Waals surface area contributed by atoms with Crippen LogP contribution in [0, 0.1) is 13.8 Å². The highest BCUT2D eigenvalue weighted by Crippen LogP contribution is 2.26. The Morgan fingerprint density at radius 1 is 1.23 bits per heavy atom. The van der Waals surface area contributed by atoms with Crippen LogP contribution in [0.1, 0.15) is 35.9 Å². The first-order valence-electron chi connectivity index (χ1n) is 8.17. The normalized spacial score (nSPS) is 21.7. The molecule has 0 bridgehead atoms. The van der Waals surface area contributed by atoms with E-state index in [1.165, 1.54) is 17.3 Å². The molecule has 0 saturated carbocycles. The number of anilines is 1. The lowest BCUT2D eigenvalue weighted by Crippen LogP contribution is -2.48. The van der Waals surface area contributed by atoms with Gasteiger partial charge in [0.15, 0.2) is 11.6 Å². The van der Waals surface area contributed by atoms with Gasteiger partial charge in [0.25, 0.3) is 5.91 Å². The first-order valence-corrected chi connectivity index (χ1v) is 9.61. The highest BCUT2D eigenvalue weighted by molar-refractivity contribution is 7.89. The summed E-state index contributed by atoms with van der Waals surface area (Å²) in [7, 11) is -3.79. The van der Waals surface area contributed by atoms with Gasteiger partial charge >= 0.3 is 0 Å². The molecular weight excluding hydrogens is 362 g/mol. The first kappa shape index (κ1) is 18.6. The van der Waals surface area contributed by atoms with Crippen LogP contribution in [0.4, 0.5) is 5.82 Å². The monoisotopic (exact) mass is 383 g/mol. The van der Waals surface area contributed by atoms with E-state index in [9.17, 15) is 13.2 Å². The Labute approximate surface area is 151 Å². The number of carbonyl (C=O) groups excluding carboxylic acids is 1. The van der Waals surface area contributed by atoms with Crippen LogP contribution in [0.3, 0.4) is 0 Å². The lowest BCUT2D eigenvalue weighted by molar-refractivity contribution is -0.0441. The molecule has 3 heterocycles. The van der Waals surface area contributed by atoms with Crippen LogP contribution in [0.25, 0.3) is 0 Å².